The molecule has 0 bridgehead atoms. The van der Waals surface area contributed by atoms with E-state index < -0.39 is 0 Å². The van der Waals surface area contributed by atoms with Crippen molar-refractivity contribution >= 4 is 11.4 Å². The highest BCUT2D eigenvalue weighted by molar-refractivity contribution is 5.55. The van der Waals surface area contributed by atoms with Gasteiger partial charge in [0, 0.05) is 43.0 Å². The highest BCUT2D eigenvalue weighted by Gasteiger charge is 2.21. The van der Waals surface area contributed by atoms with Crippen molar-refractivity contribution in [2.45, 2.75) is 45.7 Å². The van der Waals surface area contributed by atoms with Crippen LogP contribution in [-0.2, 0) is 0 Å². The van der Waals surface area contributed by atoms with Gasteiger partial charge in [0.2, 0.25) is 0 Å². The van der Waals surface area contributed by atoms with E-state index >= 15 is 0 Å². The Hall–Kier alpha value is -1.62. The van der Waals surface area contributed by atoms with Crippen LogP contribution >= 0.6 is 0 Å². The molecule has 0 aliphatic carbocycles. The molecule has 110 valence electrons. The van der Waals surface area contributed by atoms with Gasteiger partial charge in [-0.15, -0.1) is 0 Å². The normalized spacial score (nSPS) is 17.4. The number of aryl methyl sites for hydroxylation is 1. The number of likely N-dealkylation sites (tertiary alicyclic amines) is 1. The van der Waals surface area contributed by atoms with Crippen molar-refractivity contribution in [2.75, 3.05) is 18.4 Å². The number of anilines is 1. The third-order valence-corrected chi connectivity index (χ3v) is 4.04. The van der Waals surface area contributed by atoms with Crippen LogP contribution in [0.4, 0.5) is 11.4 Å². The maximum atomic E-state index is 10.7. The zero-order valence-electron chi connectivity index (χ0n) is 12.4. The molecule has 0 spiro atoms. The number of nitro groups is 1. The fraction of sp³-hybridized carbons (Fsp3) is 0.600. The maximum Gasteiger partial charge on any atom is 0.269 e. The summed E-state index contributed by atoms with van der Waals surface area (Å²) in [7, 11) is 0. The van der Waals surface area contributed by atoms with Gasteiger partial charge < -0.3 is 10.2 Å². The topological polar surface area (TPSA) is 58.4 Å². The van der Waals surface area contributed by atoms with Crippen molar-refractivity contribution in [3.63, 3.8) is 0 Å². The molecule has 0 atom stereocenters. The second kappa shape index (κ2) is 6.22. The molecule has 0 unspecified atom stereocenters. The highest BCUT2D eigenvalue weighted by atomic mass is 16.6. The minimum absolute atomic E-state index is 0.155. The number of nitrogens with one attached hydrogen (secondary N) is 1. The second-order valence-electron chi connectivity index (χ2n) is 5.80. The Labute approximate surface area is 120 Å². The average molecular weight is 277 g/mol. The zero-order chi connectivity index (χ0) is 14.7. The maximum absolute atomic E-state index is 10.7. The minimum atomic E-state index is -0.349. The summed E-state index contributed by atoms with van der Waals surface area (Å²) in [5.74, 6) is 0. The van der Waals surface area contributed by atoms with E-state index in [1.54, 1.807) is 12.1 Å². The van der Waals surface area contributed by atoms with Crippen LogP contribution in [0.25, 0.3) is 0 Å². The highest BCUT2D eigenvalue weighted by Crippen LogP contribution is 2.24. The van der Waals surface area contributed by atoms with Crippen LogP contribution in [0.1, 0.15) is 32.3 Å². The van der Waals surface area contributed by atoms with Gasteiger partial charge in [-0.05, 0) is 45.2 Å². The van der Waals surface area contributed by atoms with Crippen LogP contribution in [0, 0.1) is 17.0 Å². The van der Waals surface area contributed by atoms with Crippen LogP contribution < -0.4 is 5.32 Å². The first kappa shape index (κ1) is 14.8. The molecule has 0 amide bonds. The number of nitrogens with zero attached hydrogens (tertiary/aromatic N) is 2. The number of hydrogen-bond donors (Lipinski definition) is 1. The Morgan fingerprint density at radius 3 is 2.50 bits per heavy atom. The smallest absolute Gasteiger partial charge is 0.269 e. The Morgan fingerprint density at radius 1 is 1.35 bits per heavy atom. The van der Waals surface area contributed by atoms with E-state index in [9.17, 15) is 10.1 Å². The van der Waals surface area contributed by atoms with Gasteiger partial charge in [-0.2, -0.15) is 0 Å². The van der Waals surface area contributed by atoms with E-state index in [0.29, 0.717) is 12.1 Å². The first-order chi connectivity index (χ1) is 9.47. The number of hydrogen-bond acceptors (Lipinski definition) is 4. The van der Waals surface area contributed by atoms with Gasteiger partial charge in [-0.1, -0.05) is 0 Å². The van der Waals surface area contributed by atoms with Gasteiger partial charge in [0.1, 0.15) is 0 Å². The fourth-order valence-electron chi connectivity index (χ4n) is 2.70. The molecule has 1 aliphatic rings. The van der Waals surface area contributed by atoms with Crippen LogP contribution in [-0.4, -0.2) is 35.0 Å². The van der Waals surface area contributed by atoms with Gasteiger partial charge in [0.25, 0.3) is 5.69 Å². The summed E-state index contributed by atoms with van der Waals surface area (Å²) in [4.78, 5) is 12.9. The standard InChI is InChI=1S/C15H23N3O2/c1-11(2)17-8-6-13(7-9-17)16-15-5-4-14(18(19)20)10-12(15)3/h4-5,10-11,13,16H,6-9H2,1-3H3. The molecule has 0 saturated carbocycles. The second-order valence-corrected chi connectivity index (χ2v) is 5.80. The Bertz CT molecular complexity index is 480. The third kappa shape index (κ3) is 3.48. The van der Waals surface area contributed by atoms with Gasteiger partial charge in [0.15, 0.2) is 0 Å². The van der Waals surface area contributed by atoms with E-state index in [0.717, 1.165) is 37.2 Å². The van der Waals surface area contributed by atoms with E-state index in [-0.39, 0.29) is 10.6 Å². The lowest BCUT2D eigenvalue weighted by atomic mass is 10.0. The van der Waals surface area contributed by atoms with Gasteiger partial charge in [-0.3, -0.25) is 10.1 Å². The molecule has 1 aromatic rings. The van der Waals surface area contributed by atoms with E-state index in [2.05, 4.69) is 24.1 Å². The lowest BCUT2D eigenvalue weighted by Crippen LogP contribution is -2.42. The molecular weight excluding hydrogens is 254 g/mol. The summed E-state index contributed by atoms with van der Waals surface area (Å²) < 4.78 is 0. The van der Waals surface area contributed by atoms with Crippen molar-refractivity contribution in [3.8, 4) is 0 Å². The van der Waals surface area contributed by atoms with Crippen molar-refractivity contribution in [1.29, 1.82) is 0 Å². The van der Waals surface area contributed by atoms with E-state index in [1.165, 1.54) is 0 Å². The van der Waals surface area contributed by atoms with Gasteiger partial charge >= 0.3 is 0 Å². The summed E-state index contributed by atoms with van der Waals surface area (Å²) in [6.07, 6.45) is 2.24. The molecule has 1 aromatic carbocycles. The first-order valence-corrected chi connectivity index (χ1v) is 7.23. The Balaban J connectivity index is 1.96. The SMILES string of the molecule is Cc1cc([N+](=O)[O-])ccc1NC1CCN(C(C)C)CC1. The molecule has 1 saturated heterocycles. The first-order valence-electron chi connectivity index (χ1n) is 7.23. The molecular formula is C15H23N3O2. The van der Waals surface area contributed by atoms with Crippen LogP contribution in [0.5, 0.6) is 0 Å². The summed E-state index contributed by atoms with van der Waals surface area (Å²) in [6, 6.07) is 6.09. The monoisotopic (exact) mass is 277 g/mol. The average Bonchev–Trinajstić information content (AvgIpc) is 2.41. The third-order valence-electron chi connectivity index (χ3n) is 4.04. The van der Waals surface area contributed by atoms with Crippen LogP contribution in [0.2, 0.25) is 0 Å². The lowest BCUT2D eigenvalue weighted by molar-refractivity contribution is -0.384. The molecule has 0 aromatic heterocycles. The zero-order valence-corrected chi connectivity index (χ0v) is 12.4. The summed E-state index contributed by atoms with van der Waals surface area (Å²) >= 11 is 0. The van der Waals surface area contributed by atoms with E-state index in [1.807, 2.05) is 13.0 Å². The van der Waals surface area contributed by atoms with Gasteiger partial charge in [-0.25, -0.2) is 0 Å². The van der Waals surface area contributed by atoms with Crippen molar-refractivity contribution in [3.05, 3.63) is 33.9 Å². The number of non-ortho nitro benzene ring substituents is 1. The predicted molar refractivity (Wildman–Crippen MR) is 81.2 cm³/mol. The number of benzene rings is 1. The van der Waals surface area contributed by atoms with Crippen molar-refractivity contribution in [2.24, 2.45) is 0 Å². The van der Waals surface area contributed by atoms with Crippen LogP contribution in [0.3, 0.4) is 0 Å². The Kier molecular flexibility index (Phi) is 4.60. The molecule has 1 heterocycles. The van der Waals surface area contributed by atoms with Gasteiger partial charge in [0.05, 0.1) is 4.92 Å². The molecule has 1 N–H and O–H groups in total. The summed E-state index contributed by atoms with van der Waals surface area (Å²) in [5, 5.41) is 14.3. The quantitative estimate of drug-likeness (QED) is 0.678. The summed E-state index contributed by atoms with van der Waals surface area (Å²) in [6.45, 7) is 8.60. The van der Waals surface area contributed by atoms with Crippen LogP contribution in [0.15, 0.2) is 18.2 Å². The lowest BCUT2D eigenvalue weighted by Gasteiger charge is -2.35. The summed E-state index contributed by atoms with van der Waals surface area (Å²) in [5.41, 5.74) is 2.10. The predicted octanol–water partition coefficient (Wildman–Crippen LogP) is 3.19. The number of rotatable bonds is 4. The van der Waals surface area contributed by atoms with Crippen molar-refractivity contribution in [1.82, 2.24) is 4.90 Å². The minimum Gasteiger partial charge on any atom is -0.382 e. The van der Waals surface area contributed by atoms with Crippen molar-refractivity contribution < 1.29 is 4.92 Å². The molecule has 1 fully saturated rings. The number of nitro benzene ring substituents is 1. The molecule has 20 heavy (non-hydrogen) atoms. The number of piperidine rings is 1. The fourth-order valence-corrected chi connectivity index (χ4v) is 2.70. The molecule has 5 heteroatoms. The Morgan fingerprint density at radius 2 is 2.00 bits per heavy atom. The molecule has 5 nitrogen and oxygen atoms in total. The van der Waals surface area contributed by atoms with E-state index in [4.69, 9.17) is 0 Å². The molecule has 0 radical (unpaired) electrons. The molecule has 2 rings (SSSR count). The molecule has 1 aliphatic heterocycles. The largest absolute Gasteiger partial charge is 0.382 e.